The van der Waals surface area contributed by atoms with Crippen molar-refractivity contribution in [3.63, 3.8) is 0 Å². The number of amides is 1. The van der Waals surface area contributed by atoms with Crippen molar-refractivity contribution in [1.82, 2.24) is 9.97 Å². The summed E-state index contributed by atoms with van der Waals surface area (Å²) in [7, 11) is 0. The Morgan fingerprint density at radius 1 is 1.28 bits per heavy atom. The highest BCUT2D eigenvalue weighted by atomic mass is 35.5. The van der Waals surface area contributed by atoms with Crippen LogP contribution in [0, 0.1) is 0 Å². The molecule has 0 fully saturated rings. The molecule has 0 aliphatic carbocycles. The highest BCUT2D eigenvalue weighted by molar-refractivity contribution is 6.30. The zero-order valence-corrected chi connectivity index (χ0v) is 14.0. The third-order valence-electron chi connectivity index (χ3n) is 4.34. The molecule has 1 aromatic heterocycles. The van der Waals surface area contributed by atoms with Gasteiger partial charge in [-0.2, -0.15) is 0 Å². The molecular formula is C19H15ClN4O. The summed E-state index contributed by atoms with van der Waals surface area (Å²) >= 11 is 6.08. The lowest BCUT2D eigenvalue weighted by Crippen LogP contribution is -2.09. The number of carbonyl (C=O) groups is 1. The fourth-order valence-corrected chi connectivity index (χ4v) is 3.35. The SMILES string of the molecule is C=CC(=O)Nc1ccc2ncnc(C3CNc4cc(Cl)ccc43)c2c1. The van der Waals surface area contributed by atoms with Gasteiger partial charge in [0.25, 0.3) is 0 Å². The molecule has 1 aliphatic rings. The molecule has 0 radical (unpaired) electrons. The summed E-state index contributed by atoms with van der Waals surface area (Å²) in [5.41, 5.74) is 4.64. The van der Waals surface area contributed by atoms with Crippen LogP contribution in [0.3, 0.4) is 0 Å². The molecule has 1 unspecified atom stereocenters. The van der Waals surface area contributed by atoms with Crippen LogP contribution in [0.5, 0.6) is 0 Å². The van der Waals surface area contributed by atoms with Gasteiger partial charge in [0.1, 0.15) is 6.33 Å². The van der Waals surface area contributed by atoms with Crippen LogP contribution in [0.25, 0.3) is 10.9 Å². The molecule has 1 amide bonds. The Hall–Kier alpha value is -2.92. The average molecular weight is 351 g/mol. The summed E-state index contributed by atoms with van der Waals surface area (Å²) in [4.78, 5) is 20.4. The van der Waals surface area contributed by atoms with Gasteiger partial charge in [-0.3, -0.25) is 4.79 Å². The standard InChI is InChI=1S/C19H15ClN4O/c1-2-18(25)24-12-4-6-16-14(8-12)19(23-10-22-16)15-9-21-17-7-11(20)3-5-13(15)17/h2-8,10,15,21H,1,9H2,(H,24,25). The molecule has 5 nitrogen and oxygen atoms in total. The summed E-state index contributed by atoms with van der Waals surface area (Å²) in [5, 5.41) is 7.78. The molecule has 2 aromatic carbocycles. The fraction of sp³-hybridized carbons (Fsp3) is 0.105. The van der Waals surface area contributed by atoms with Crippen molar-refractivity contribution in [2.45, 2.75) is 5.92 Å². The molecule has 3 aromatic rings. The van der Waals surface area contributed by atoms with Crippen molar-refractivity contribution in [3.8, 4) is 0 Å². The van der Waals surface area contributed by atoms with Crippen molar-refractivity contribution >= 4 is 39.8 Å². The lowest BCUT2D eigenvalue weighted by Gasteiger charge is -2.13. The molecule has 0 bridgehead atoms. The Kier molecular flexibility index (Phi) is 3.86. The Morgan fingerprint density at radius 2 is 2.16 bits per heavy atom. The van der Waals surface area contributed by atoms with E-state index in [2.05, 4.69) is 27.2 Å². The number of hydrogen-bond donors (Lipinski definition) is 2. The van der Waals surface area contributed by atoms with Gasteiger partial charge >= 0.3 is 0 Å². The van der Waals surface area contributed by atoms with E-state index in [0.29, 0.717) is 10.7 Å². The topological polar surface area (TPSA) is 66.9 Å². The number of halogens is 1. The summed E-state index contributed by atoms with van der Waals surface area (Å²) in [6, 6.07) is 11.4. The van der Waals surface area contributed by atoms with Gasteiger partial charge in [-0.25, -0.2) is 9.97 Å². The highest BCUT2D eigenvalue weighted by Crippen LogP contribution is 2.39. The number of carbonyl (C=O) groups excluding carboxylic acids is 1. The number of anilines is 2. The predicted octanol–water partition coefficient (Wildman–Crippen LogP) is 3.97. The number of nitrogens with zero attached hydrogens (tertiary/aromatic N) is 2. The third kappa shape index (κ3) is 2.83. The predicted molar refractivity (Wildman–Crippen MR) is 100 cm³/mol. The lowest BCUT2D eigenvalue weighted by molar-refractivity contribution is -0.111. The first-order valence-electron chi connectivity index (χ1n) is 7.87. The van der Waals surface area contributed by atoms with Crippen LogP contribution in [0.15, 0.2) is 55.4 Å². The quantitative estimate of drug-likeness (QED) is 0.701. The van der Waals surface area contributed by atoms with Crippen molar-refractivity contribution in [1.29, 1.82) is 0 Å². The zero-order valence-electron chi connectivity index (χ0n) is 13.3. The lowest BCUT2D eigenvalue weighted by atomic mass is 9.94. The minimum Gasteiger partial charge on any atom is -0.384 e. The molecule has 2 N–H and O–H groups in total. The van der Waals surface area contributed by atoms with Crippen molar-refractivity contribution in [2.24, 2.45) is 0 Å². The maximum atomic E-state index is 11.6. The first-order chi connectivity index (χ1) is 12.2. The van der Waals surface area contributed by atoms with Gasteiger partial charge in [-0.15, -0.1) is 0 Å². The second-order valence-electron chi connectivity index (χ2n) is 5.85. The second kappa shape index (κ2) is 6.18. The van der Waals surface area contributed by atoms with E-state index in [1.54, 1.807) is 6.33 Å². The number of rotatable bonds is 3. The number of nitrogens with one attached hydrogen (secondary N) is 2. The van der Waals surface area contributed by atoms with Crippen LogP contribution in [0.2, 0.25) is 5.02 Å². The van der Waals surface area contributed by atoms with Gasteiger partial charge in [0.15, 0.2) is 0 Å². The van der Waals surface area contributed by atoms with Crippen LogP contribution < -0.4 is 10.6 Å². The molecule has 124 valence electrons. The van der Waals surface area contributed by atoms with E-state index in [1.165, 1.54) is 6.08 Å². The monoisotopic (exact) mass is 350 g/mol. The molecule has 0 saturated carbocycles. The first kappa shape index (κ1) is 15.6. The molecule has 1 atom stereocenters. The number of aromatic nitrogens is 2. The minimum atomic E-state index is -0.250. The van der Waals surface area contributed by atoms with Crippen molar-refractivity contribution < 1.29 is 4.79 Å². The summed E-state index contributed by atoms with van der Waals surface area (Å²) in [5.74, 6) is -0.150. The van der Waals surface area contributed by atoms with Crippen LogP contribution in [0.4, 0.5) is 11.4 Å². The van der Waals surface area contributed by atoms with E-state index >= 15 is 0 Å². The smallest absolute Gasteiger partial charge is 0.247 e. The van der Waals surface area contributed by atoms with Crippen LogP contribution in [0.1, 0.15) is 17.2 Å². The van der Waals surface area contributed by atoms with Crippen LogP contribution in [-0.4, -0.2) is 22.4 Å². The molecular weight excluding hydrogens is 336 g/mol. The minimum absolute atomic E-state index is 0.100. The molecule has 1 aliphatic heterocycles. The zero-order chi connectivity index (χ0) is 17.4. The van der Waals surface area contributed by atoms with Crippen molar-refractivity contribution in [2.75, 3.05) is 17.2 Å². The number of fused-ring (bicyclic) bond motifs is 2. The summed E-state index contributed by atoms with van der Waals surface area (Å²) < 4.78 is 0. The maximum absolute atomic E-state index is 11.6. The Balaban J connectivity index is 1.81. The number of benzene rings is 2. The van der Waals surface area contributed by atoms with Crippen LogP contribution in [-0.2, 0) is 4.79 Å². The molecule has 2 heterocycles. The fourth-order valence-electron chi connectivity index (χ4n) is 3.18. The van der Waals surface area contributed by atoms with Gasteiger partial charge in [0.05, 0.1) is 11.2 Å². The largest absolute Gasteiger partial charge is 0.384 e. The molecule has 25 heavy (non-hydrogen) atoms. The van der Waals surface area contributed by atoms with Crippen molar-refractivity contribution in [3.05, 3.63) is 71.7 Å². The Morgan fingerprint density at radius 3 is 3.00 bits per heavy atom. The Labute approximate surface area is 149 Å². The van der Waals surface area contributed by atoms with E-state index in [0.717, 1.165) is 34.4 Å². The van der Waals surface area contributed by atoms with Gasteiger partial charge < -0.3 is 10.6 Å². The molecule has 0 spiro atoms. The molecule has 0 saturated heterocycles. The summed E-state index contributed by atoms with van der Waals surface area (Å²) in [6.45, 7) is 4.22. The van der Waals surface area contributed by atoms with Gasteiger partial charge in [-0.05, 0) is 42.0 Å². The van der Waals surface area contributed by atoms with E-state index in [1.807, 2.05) is 36.4 Å². The van der Waals surface area contributed by atoms with Gasteiger partial charge in [0, 0.05) is 34.2 Å². The third-order valence-corrected chi connectivity index (χ3v) is 4.57. The molecule has 6 heteroatoms. The van der Waals surface area contributed by atoms with E-state index < -0.39 is 0 Å². The van der Waals surface area contributed by atoms with Crippen LogP contribution >= 0.6 is 11.6 Å². The van der Waals surface area contributed by atoms with Gasteiger partial charge in [-0.1, -0.05) is 24.2 Å². The number of hydrogen-bond acceptors (Lipinski definition) is 4. The maximum Gasteiger partial charge on any atom is 0.247 e. The molecule has 4 rings (SSSR count). The highest BCUT2D eigenvalue weighted by Gasteiger charge is 2.26. The van der Waals surface area contributed by atoms with E-state index in [-0.39, 0.29) is 11.8 Å². The Bertz CT molecular complexity index is 1000. The first-order valence-corrected chi connectivity index (χ1v) is 8.25. The normalized spacial score (nSPS) is 15.5. The average Bonchev–Trinajstić information content (AvgIpc) is 3.03. The second-order valence-corrected chi connectivity index (χ2v) is 6.29. The van der Waals surface area contributed by atoms with E-state index in [4.69, 9.17) is 11.6 Å². The van der Waals surface area contributed by atoms with E-state index in [9.17, 15) is 4.79 Å². The van der Waals surface area contributed by atoms with Gasteiger partial charge in [0.2, 0.25) is 5.91 Å². The summed E-state index contributed by atoms with van der Waals surface area (Å²) in [6.07, 6.45) is 2.82.